The Morgan fingerprint density at radius 2 is 2.09 bits per heavy atom. The Morgan fingerprint density at radius 3 is 2.70 bits per heavy atom. The maximum absolute atomic E-state index is 12.2. The second-order valence-electron chi connectivity index (χ2n) is 5.55. The molecule has 0 saturated carbocycles. The molecule has 0 bridgehead atoms. The molecule has 8 heteroatoms. The van der Waals surface area contributed by atoms with Gasteiger partial charge in [0.05, 0.1) is 12.2 Å². The van der Waals surface area contributed by atoms with Crippen molar-refractivity contribution in [1.29, 1.82) is 0 Å². The fourth-order valence-corrected chi connectivity index (χ4v) is 2.46. The topological polar surface area (TPSA) is 87.4 Å². The maximum Gasteiger partial charge on any atom is 0.323 e. The number of nitrogens with one attached hydrogen (secondary N) is 1. The lowest BCUT2D eigenvalue weighted by atomic mass is 10.3. The number of hydrogen-bond donors (Lipinski definition) is 1. The summed E-state index contributed by atoms with van der Waals surface area (Å²) in [6.07, 6.45) is 1.57. The van der Waals surface area contributed by atoms with Gasteiger partial charge in [0.1, 0.15) is 5.76 Å². The number of aromatic nitrogens is 3. The molecule has 8 nitrogen and oxygen atoms in total. The molecule has 0 unspecified atom stereocenters. The third-order valence-corrected chi connectivity index (χ3v) is 3.90. The number of urea groups is 1. The molecule has 1 aliphatic heterocycles. The van der Waals surface area contributed by atoms with Crippen LogP contribution >= 0.6 is 0 Å². The molecule has 1 aliphatic rings. The van der Waals surface area contributed by atoms with Gasteiger partial charge < -0.3 is 9.32 Å². The van der Waals surface area contributed by atoms with E-state index in [0.29, 0.717) is 25.5 Å². The highest BCUT2D eigenvalue weighted by Crippen LogP contribution is 2.13. The van der Waals surface area contributed by atoms with Crippen LogP contribution in [0.3, 0.4) is 0 Å². The standard InChI is InChI=1S/C15H20N6O2/c1-11-12(2)23-14(17-11)10-20-6-8-21(9-7-20)15(22)18-13-4-3-5-16-19-13/h3-5H,6-10H2,1-2H3,(H,18,19,22). The lowest BCUT2D eigenvalue weighted by Crippen LogP contribution is -2.49. The summed E-state index contributed by atoms with van der Waals surface area (Å²) in [5.74, 6) is 2.06. The van der Waals surface area contributed by atoms with Crippen LogP contribution in [0.15, 0.2) is 22.7 Å². The predicted octanol–water partition coefficient (Wildman–Crippen LogP) is 1.43. The van der Waals surface area contributed by atoms with Gasteiger partial charge in [0.15, 0.2) is 5.82 Å². The van der Waals surface area contributed by atoms with Gasteiger partial charge in [0, 0.05) is 32.4 Å². The average molecular weight is 316 g/mol. The number of amides is 2. The maximum atomic E-state index is 12.2. The number of carbonyl (C=O) groups excluding carboxylic acids is 1. The van der Waals surface area contributed by atoms with E-state index in [4.69, 9.17) is 4.42 Å². The number of nitrogens with zero attached hydrogens (tertiary/aromatic N) is 5. The van der Waals surface area contributed by atoms with Crippen LogP contribution in [0.2, 0.25) is 0 Å². The molecule has 0 aromatic carbocycles. The van der Waals surface area contributed by atoms with Crippen molar-refractivity contribution in [2.24, 2.45) is 0 Å². The highest BCUT2D eigenvalue weighted by atomic mass is 16.4. The summed E-state index contributed by atoms with van der Waals surface area (Å²) >= 11 is 0. The first kappa shape index (κ1) is 15.4. The Kier molecular flexibility index (Phi) is 4.52. The Balaban J connectivity index is 1.49. The Bertz CT molecular complexity index is 644. The first-order valence-corrected chi connectivity index (χ1v) is 7.61. The molecule has 2 aromatic rings. The number of oxazole rings is 1. The summed E-state index contributed by atoms with van der Waals surface area (Å²) in [6.45, 7) is 7.42. The molecule has 0 spiro atoms. The Morgan fingerprint density at radius 1 is 1.30 bits per heavy atom. The van der Waals surface area contributed by atoms with Gasteiger partial charge in [-0.2, -0.15) is 5.10 Å². The van der Waals surface area contributed by atoms with E-state index < -0.39 is 0 Å². The molecule has 2 amide bonds. The van der Waals surface area contributed by atoms with Crippen molar-refractivity contribution in [3.8, 4) is 0 Å². The lowest BCUT2D eigenvalue weighted by molar-refractivity contribution is 0.135. The van der Waals surface area contributed by atoms with E-state index in [9.17, 15) is 4.79 Å². The number of rotatable bonds is 3. The van der Waals surface area contributed by atoms with E-state index in [-0.39, 0.29) is 6.03 Å². The quantitative estimate of drug-likeness (QED) is 0.922. The third kappa shape index (κ3) is 3.84. The molecule has 1 fully saturated rings. The van der Waals surface area contributed by atoms with Crippen molar-refractivity contribution >= 4 is 11.8 Å². The molecular formula is C15H20N6O2. The van der Waals surface area contributed by atoms with Gasteiger partial charge in [-0.05, 0) is 26.0 Å². The Hall–Kier alpha value is -2.48. The fourth-order valence-electron chi connectivity index (χ4n) is 2.46. The zero-order valence-electron chi connectivity index (χ0n) is 13.3. The van der Waals surface area contributed by atoms with Crippen LogP contribution in [-0.4, -0.2) is 57.2 Å². The van der Waals surface area contributed by atoms with Crippen LogP contribution in [0.25, 0.3) is 0 Å². The first-order chi connectivity index (χ1) is 11.1. The summed E-state index contributed by atoms with van der Waals surface area (Å²) in [5.41, 5.74) is 0.932. The van der Waals surface area contributed by atoms with Crippen LogP contribution in [0.4, 0.5) is 10.6 Å². The van der Waals surface area contributed by atoms with E-state index in [1.165, 1.54) is 0 Å². The summed E-state index contributed by atoms with van der Waals surface area (Å²) in [4.78, 5) is 20.6. The summed E-state index contributed by atoms with van der Waals surface area (Å²) in [7, 11) is 0. The minimum absolute atomic E-state index is 0.145. The Labute approximate surface area is 134 Å². The molecule has 2 aromatic heterocycles. The monoisotopic (exact) mass is 316 g/mol. The molecule has 1 saturated heterocycles. The summed E-state index contributed by atoms with van der Waals surface area (Å²) < 4.78 is 5.61. The first-order valence-electron chi connectivity index (χ1n) is 7.61. The van der Waals surface area contributed by atoms with Crippen LogP contribution in [-0.2, 0) is 6.54 Å². The van der Waals surface area contributed by atoms with E-state index in [2.05, 4.69) is 25.4 Å². The van der Waals surface area contributed by atoms with Crippen molar-refractivity contribution in [3.63, 3.8) is 0 Å². The zero-order valence-corrected chi connectivity index (χ0v) is 13.3. The van der Waals surface area contributed by atoms with Gasteiger partial charge >= 0.3 is 6.03 Å². The van der Waals surface area contributed by atoms with Gasteiger partial charge in [0.25, 0.3) is 0 Å². The molecule has 0 aliphatic carbocycles. The van der Waals surface area contributed by atoms with Crippen molar-refractivity contribution in [1.82, 2.24) is 25.0 Å². The minimum Gasteiger partial charge on any atom is -0.444 e. The minimum atomic E-state index is -0.145. The highest BCUT2D eigenvalue weighted by molar-refractivity contribution is 5.88. The summed E-state index contributed by atoms with van der Waals surface area (Å²) in [5, 5.41) is 10.3. The van der Waals surface area contributed by atoms with Crippen molar-refractivity contribution in [2.45, 2.75) is 20.4 Å². The van der Waals surface area contributed by atoms with Crippen molar-refractivity contribution < 1.29 is 9.21 Å². The van der Waals surface area contributed by atoms with Gasteiger partial charge in [-0.25, -0.2) is 9.78 Å². The smallest absolute Gasteiger partial charge is 0.323 e. The van der Waals surface area contributed by atoms with Gasteiger partial charge in [0.2, 0.25) is 5.89 Å². The lowest BCUT2D eigenvalue weighted by Gasteiger charge is -2.33. The van der Waals surface area contributed by atoms with Crippen LogP contribution in [0.1, 0.15) is 17.3 Å². The number of anilines is 1. The molecular weight excluding hydrogens is 296 g/mol. The third-order valence-electron chi connectivity index (χ3n) is 3.90. The largest absolute Gasteiger partial charge is 0.444 e. The SMILES string of the molecule is Cc1nc(CN2CCN(C(=O)Nc3cccnn3)CC2)oc1C. The van der Waals surface area contributed by atoms with Crippen molar-refractivity contribution in [2.75, 3.05) is 31.5 Å². The molecule has 0 atom stereocenters. The van der Waals surface area contributed by atoms with Gasteiger partial charge in [-0.1, -0.05) is 0 Å². The number of hydrogen-bond acceptors (Lipinski definition) is 6. The predicted molar refractivity (Wildman–Crippen MR) is 83.9 cm³/mol. The van der Waals surface area contributed by atoms with Crippen LogP contribution < -0.4 is 5.32 Å². The molecule has 1 N–H and O–H groups in total. The van der Waals surface area contributed by atoms with Crippen molar-refractivity contribution in [3.05, 3.63) is 35.7 Å². The fraction of sp³-hybridized carbons (Fsp3) is 0.467. The zero-order chi connectivity index (χ0) is 16.2. The molecule has 3 heterocycles. The molecule has 3 rings (SSSR count). The summed E-state index contributed by atoms with van der Waals surface area (Å²) in [6, 6.07) is 3.31. The number of carbonyl (C=O) groups is 1. The number of piperazine rings is 1. The second kappa shape index (κ2) is 6.74. The highest BCUT2D eigenvalue weighted by Gasteiger charge is 2.22. The van der Waals surface area contributed by atoms with Crippen LogP contribution in [0, 0.1) is 13.8 Å². The van der Waals surface area contributed by atoms with E-state index >= 15 is 0 Å². The molecule has 23 heavy (non-hydrogen) atoms. The average Bonchev–Trinajstić information content (AvgIpc) is 2.87. The molecule has 122 valence electrons. The van der Waals surface area contributed by atoms with Crippen LogP contribution in [0.5, 0.6) is 0 Å². The van der Waals surface area contributed by atoms with E-state index in [1.54, 1.807) is 23.2 Å². The van der Waals surface area contributed by atoms with E-state index in [0.717, 1.165) is 30.4 Å². The number of aryl methyl sites for hydroxylation is 2. The van der Waals surface area contributed by atoms with Gasteiger partial charge in [-0.15, -0.1) is 5.10 Å². The normalized spacial score (nSPS) is 15.7. The van der Waals surface area contributed by atoms with E-state index in [1.807, 2.05) is 13.8 Å². The van der Waals surface area contributed by atoms with Gasteiger partial charge in [-0.3, -0.25) is 10.2 Å². The molecule has 0 radical (unpaired) electrons. The second-order valence-corrected chi connectivity index (χ2v) is 5.55.